The molecule has 0 atom stereocenters. The lowest BCUT2D eigenvalue weighted by Crippen LogP contribution is -2.42. The molecule has 160 valence electrons. The lowest BCUT2D eigenvalue weighted by Gasteiger charge is -2.31. The number of amides is 2. The van der Waals surface area contributed by atoms with Crippen LogP contribution in [0.3, 0.4) is 0 Å². The minimum absolute atomic E-state index is 0.00270. The van der Waals surface area contributed by atoms with Crippen LogP contribution in [0, 0.1) is 5.92 Å². The van der Waals surface area contributed by atoms with Crippen molar-refractivity contribution in [3.05, 3.63) is 58.3 Å². The molecule has 0 bridgehead atoms. The number of rotatable bonds is 7. The monoisotopic (exact) mass is 428 g/mol. The van der Waals surface area contributed by atoms with Crippen molar-refractivity contribution in [3.63, 3.8) is 0 Å². The Hall–Kier alpha value is -2.67. The van der Waals surface area contributed by atoms with E-state index in [0.29, 0.717) is 37.4 Å². The molecule has 1 fully saturated rings. The van der Waals surface area contributed by atoms with Crippen LogP contribution < -0.4 is 0 Å². The van der Waals surface area contributed by atoms with Crippen LogP contribution in [0.15, 0.2) is 47.8 Å². The second-order valence-electron chi connectivity index (χ2n) is 7.75. The van der Waals surface area contributed by atoms with E-state index in [1.807, 2.05) is 61.7 Å². The number of likely N-dealkylation sites (tertiary alicyclic amines) is 1. The van der Waals surface area contributed by atoms with E-state index < -0.39 is 0 Å². The smallest absolute Gasteiger partial charge is 0.309 e. The van der Waals surface area contributed by atoms with E-state index in [1.165, 1.54) is 11.3 Å². The predicted molar refractivity (Wildman–Crippen MR) is 116 cm³/mol. The third-order valence-electron chi connectivity index (χ3n) is 5.32. The molecule has 0 aliphatic carbocycles. The summed E-state index contributed by atoms with van der Waals surface area (Å²) in [7, 11) is 0. The molecule has 0 spiro atoms. The number of carbonyl (C=O) groups is 3. The van der Waals surface area contributed by atoms with Gasteiger partial charge in [-0.1, -0.05) is 36.4 Å². The fourth-order valence-electron chi connectivity index (χ4n) is 3.55. The maximum atomic E-state index is 12.6. The van der Waals surface area contributed by atoms with Gasteiger partial charge in [0.05, 0.1) is 10.8 Å². The van der Waals surface area contributed by atoms with Crippen LogP contribution >= 0.6 is 11.3 Å². The van der Waals surface area contributed by atoms with Gasteiger partial charge < -0.3 is 14.5 Å². The predicted octanol–water partition coefficient (Wildman–Crippen LogP) is 3.58. The number of nitrogens with zero attached hydrogens (tertiary/aromatic N) is 2. The number of hydrogen-bond acceptors (Lipinski definition) is 5. The summed E-state index contributed by atoms with van der Waals surface area (Å²) in [6, 6.07) is 13.4. The van der Waals surface area contributed by atoms with Crippen molar-refractivity contribution in [3.8, 4) is 0 Å². The minimum Gasteiger partial charge on any atom is -0.455 e. The van der Waals surface area contributed by atoms with Gasteiger partial charge in [-0.25, -0.2) is 0 Å². The molecule has 0 saturated carbocycles. The summed E-state index contributed by atoms with van der Waals surface area (Å²) in [5.74, 6) is -0.810. The molecular weight excluding hydrogens is 400 g/mol. The van der Waals surface area contributed by atoms with Crippen molar-refractivity contribution in [2.75, 3.05) is 19.7 Å². The molecule has 6 nitrogen and oxygen atoms in total. The largest absolute Gasteiger partial charge is 0.455 e. The van der Waals surface area contributed by atoms with Gasteiger partial charge in [0.2, 0.25) is 0 Å². The highest BCUT2D eigenvalue weighted by molar-refractivity contribution is 7.12. The van der Waals surface area contributed by atoms with Crippen LogP contribution in [0.4, 0.5) is 0 Å². The molecule has 1 aromatic heterocycles. The number of benzene rings is 1. The quantitative estimate of drug-likeness (QED) is 0.632. The first kappa shape index (κ1) is 22.0. The Morgan fingerprint density at radius 3 is 2.40 bits per heavy atom. The zero-order valence-corrected chi connectivity index (χ0v) is 18.3. The van der Waals surface area contributed by atoms with E-state index in [0.717, 1.165) is 5.56 Å². The van der Waals surface area contributed by atoms with E-state index in [-0.39, 0.29) is 36.4 Å². The average Bonchev–Trinajstić information content (AvgIpc) is 3.30. The van der Waals surface area contributed by atoms with E-state index in [2.05, 4.69) is 0 Å². The molecule has 1 aromatic carbocycles. The van der Waals surface area contributed by atoms with Gasteiger partial charge in [0.25, 0.3) is 11.8 Å². The number of carbonyl (C=O) groups excluding carboxylic acids is 3. The summed E-state index contributed by atoms with van der Waals surface area (Å²) in [5, 5.41) is 1.88. The molecule has 2 amide bonds. The minimum atomic E-state index is -0.352. The summed E-state index contributed by atoms with van der Waals surface area (Å²) < 4.78 is 5.35. The van der Waals surface area contributed by atoms with E-state index in [4.69, 9.17) is 4.74 Å². The molecule has 1 aliphatic rings. The Morgan fingerprint density at radius 1 is 1.10 bits per heavy atom. The van der Waals surface area contributed by atoms with Crippen molar-refractivity contribution in [2.24, 2.45) is 5.92 Å². The van der Waals surface area contributed by atoms with Gasteiger partial charge in [-0.15, -0.1) is 11.3 Å². The average molecular weight is 429 g/mol. The third kappa shape index (κ3) is 5.69. The second-order valence-corrected chi connectivity index (χ2v) is 8.70. The normalized spacial score (nSPS) is 14.6. The summed E-state index contributed by atoms with van der Waals surface area (Å²) in [6.07, 6.45) is 1.12. The Bertz CT molecular complexity index is 843. The van der Waals surface area contributed by atoms with Gasteiger partial charge in [0.1, 0.15) is 0 Å². The molecule has 2 aromatic rings. The Labute approximate surface area is 181 Å². The van der Waals surface area contributed by atoms with Gasteiger partial charge in [-0.2, -0.15) is 0 Å². The van der Waals surface area contributed by atoms with E-state index in [9.17, 15) is 14.4 Å². The highest BCUT2D eigenvalue weighted by Gasteiger charge is 2.30. The molecule has 0 radical (unpaired) electrons. The van der Waals surface area contributed by atoms with Crippen molar-refractivity contribution in [1.29, 1.82) is 0 Å². The molecule has 30 heavy (non-hydrogen) atoms. The molecule has 1 aliphatic heterocycles. The fourth-order valence-corrected chi connectivity index (χ4v) is 4.24. The first-order chi connectivity index (χ1) is 14.5. The van der Waals surface area contributed by atoms with Gasteiger partial charge in [0.15, 0.2) is 6.61 Å². The topological polar surface area (TPSA) is 66.9 Å². The summed E-state index contributed by atoms with van der Waals surface area (Å²) in [5.41, 5.74) is 1.04. The van der Waals surface area contributed by atoms with Crippen molar-refractivity contribution < 1.29 is 19.1 Å². The zero-order chi connectivity index (χ0) is 21.5. The first-order valence-corrected chi connectivity index (χ1v) is 11.2. The third-order valence-corrected chi connectivity index (χ3v) is 6.18. The lowest BCUT2D eigenvalue weighted by molar-refractivity contribution is -0.157. The van der Waals surface area contributed by atoms with Crippen LogP contribution in [-0.2, 0) is 20.9 Å². The standard InChI is InChI=1S/C23H28N2O4S/c1-17(2)25(15-18-7-4-3-5-8-18)21(26)16-29-23(28)19-10-12-24(13-11-19)22(27)20-9-6-14-30-20/h3-9,14,17,19H,10-13,15-16H2,1-2H3. The van der Waals surface area contributed by atoms with Crippen LogP contribution in [0.25, 0.3) is 0 Å². The Morgan fingerprint density at radius 2 is 1.80 bits per heavy atom. The molecule has 7 heteroatoms. The fraction of sp³-hybridized carbons (Fsp3) is 0.435. The number of ether oxygens (including phenoxy) is 1. The van der Waals surface area contributed by atoms with Gasteiger partial charge in [-0.05, 0) is 43.7 Å². The van der Waals surface area contributed by atoms with Crippen LogP contribution in [0.2, 0.25) is 0 Å². The number of hydrogen-bond donors (Lipinski definition) is 0. The van der Waals surface area contributed by atoms with E-state index >= 15 is 0 Å². The van der Waals surface area contributed by atoms with Crippen LogP contribution in [0.5, 0.6) is 0 Å². The second kappa shape index (κ2) is 10.4. The van der Waals surface area contributed by atoms with Crippen molar-refractivity contribution >= 4 is 29.1 Å². The van der Waals surface area contributed by atoms with Gasteiger partial charge >= 0.3 is 5.97 Å². The molecular formula is C23H28N2O4S. The Balaban J connectivity index is 1.46. The summed E-state index contributed by atoms with van der Waals surface area (Å²) >= 11 is 1.42. The van der Waals surface area contributed by atoms with Crippen molar-refractivity contribution in [1.82, 2.24) is 9.80 Å². The van der Waals surface area contributed by atoms with Gasteiger partial charge in [-0.3, -0.25) is 14.4 Å². The van der Waals surface area contributed by atoms with Gasteiger partial charge in [0, 0.05) is 25.7 Å². The zero-order valence-electron chi connectivity index (χ0n) is 17.5. The lowest BCUT2D eigenvalue weighted by atomic mass is 9.97. The van der Waals surface area contributed by atoms with Crippen LogP contribution in [-0.4, -0.2) is 53.3 Å². The van der Waals surface area contributed by atoms with Crippen LogP contribution in [0.1, 0.15) is 41.9 Å². The summed E-state index contributed by atoms with van der Waals surface area (Å²) in [4.78, 5) is 41.7. The molecule has 1 saturated heterocycles. The summed E-state index contributed by atoms with van der Waals surface area (Å²) in [6.45, 7) is 5.18. The molecule has 0 N–H and O–H groups in total. The van der Waals surface area contributed by atoms with E-state index in [1.54, 1.807) is 9.80 Å². The maximum absolute atomic E-state index is 12.6. The highest BCUT2D eigenvalue weighted by Crippen LogP contribution is 2.22. The number of esters is 1. The maximum Gasteiger partial charge on any atom is 0.309 e. The number of thiophene rings is 1. The molecule has 0 unspecified atom stereocenters. The number of piperidine rings is 1. The SMILES string of the molecule is CC(C)N(Cc1ccccc1)C(=O)COC(=O)C1CCN(C(=O)c2cccs2)CC1. The molecule has 2 heterocycles. The van der Waals surface area contributed by atoms with Crippen molar-refractivity contribution in [2.45, 2.75) is 39.3 Å². The Kier molecular flexibility index (Phi) is 7.63. The molecule has 3 rings (SSSR count). The first-order valence-electron chi connectivity index (χ1n) is 10.3. The highest BCUT2D eigenvalue weighted by atomic mass is 32.1.